The topological polar surface area (TPSA) is 14.2 Å². The second kappa shape index (κ2) is 5.21. The molecule has 1 aromatic heterocycles. The number of benzene rings is 1. The van der Waals surface area contributed by atoms with Crippen molar-refractivity contribution in [3.05, 3.63) is 29.2 Å². The van der Waals surface area contributed by atoms with Crippen LogP contribution in [0, 0.1) is 19.7 Å². The van der Waals surface area contributed by atoms with Gasteiger partial charge in [0.05, 0.1) is 12.6 Å². The maximum Gasteiger partial charge on any atom is 0.174 e. The summed E-state index contributed by atoms with van der Waals surface area (Å²) in [6.45, 7) is 7.92. The minimum absolute atomic E-state index is 0.267. The fourth-order valence-electron chi connectivity index (χ4n) is 1.95. The average Bonchev–Trinajstić information content (AvgIpc) is 2.58. The number of halogens is 1. The van der Waals surface area contributed by atoms with Gasteiger partial charge in [-0.15, -0.1) is 0 Å². The Kier molecular flexibility index (Phi) is 4.16. The van der Waals surface area contributed by atoms with Crippen molar-refractivity contribution >= 4 is 10.9 Å². The number of nitrogens with zero attached hydrogens (tertiary/aromatic N) is 1. The molecule has 3 heteroatoms. The molecule has 2 nitrogen and oxygen atoms in total. The summed E-state index contributed by atoms with van der Waals surface area (Å²) in [5.74, 6) is 0.0346. The van der Waals surface area contributed by atoms with Crippen LogP contribution in [0.25, 0.3) is 10.9 Å². The van der Waals surface area contributed by atoms with Crippen LogP contribution in [0.4, 0.5) is 4.39 Å². The van der Waals surface area contributed by atoms with Gasteiger partial charge in [0.1, 0.15) is 0 Å². The second-order valence-electron chi connectivity index (χ2n) is 3.75. The number of aromatic nitrogens is 1. The van der Waals surface area contributed by atoms with Gasteiger partial charge in [-0.2, -0.15) is 0 Å². The van der Waals surface area contributed by atoms with Crippen molar-refractivity contribution in [2.75, 3.05) is 7.11 Å². The Morgan fingerprint density at radius 3 is 2.29 bits per heavy atom. The maximum absolute atomic E-state index is 14.0. The van der Waals surface area contributed by atoms with E-state index in [1.807, 2.05) is 45.4 Å². The summed E-state index contributed by atoms with van der Waals surface area (Å²) < 4.78 is 21.0. The van der Waals surface area contributed by atoms with Crippen LogP contribution in [0.2, 0.25) is 0 Å². The van der Waals surface area contributed by atoms with Crippen LogP contribution in [0.5, 0.6) is 5.75 Å². The van der Waals surface area contributed by atoms with E-state index in [4.69, 9.17) is 4.74 Å². The number of fused-ring (bicyclic) bond motifs is 1. The molecule has 0 aliphatic heterocycles. The summed E-state index contributed by atoms with van der Waals surface area (Å²) in [6.07, 6.45) is 0. The van der Waals surface area contributed by atoms with Gasteiger partial charge in [0.2, 0.25) is 0 Å². The molecule has 0 aliphatic rings. The fraction of sp³-hybridized carbons (Fsp3) is 0.429. The monoisotopic (exact) mass is 237 g/mol. The van der Waals surface area contributed by atoms with Gasteiger partial charge in [-0.25, -0.2) is 4.39 Å². The van der Waals surface area contributed by atoms with Crippen molar-refractivity contribution in [2.24, 2.45) is 7.05 Å². The third kappa shape index (κ3) is 2.02. The Morgan fingerprint density at radius 2 is 1.76 bits per heavy atom. The molecule has 1 aromatic carbocycles. The Hall–Kier alpha value is -1.51. The highest BCUT2D eigenvalue weighted by atomic mass is 19.1. The van der Waals surface area contributed by atoms with Crippen LogP contribution in [-0.2, 0) is 7.05 Å². The SMILES string of the molecule is CC.COc1ccc2c(c(C)c(C)n2C)c1F. The van der Waals surface area contributed by atoms with Gasteiger partial charge in [0, 0.05) is 18.1 Å². The maximum atomic E-state index is 14.0. The van der Waals surface area contributed by atoms with Crippen molar-refractivity contribution in [3.63, 3.8) is 0 Å². The molecule has 2 aromatic rings. The Balaban J connectivity index is 0.000000686. The van der Waals surface area contributed by atoms with Gasteiger partial charge in [0.25, 0.3) is 0 Å². The molecule has 0 unspecified atom stereocenters. The van der Waals surface area contributed by atoms with Crippen LogP contribution in [0.1, 0.15) is 25.1 Å². The van der Waals surface area contributed by atoms with Gasteiger partial charge in [-0.1, -0.05) is 13.8 Å². The van der Waals surface area contributed by atoms with Gasteiger partial charge in [0.15, 0.2) is 11.6 Å². The number of aryl methyl sites for hydroxylation is 2. The molecule has 0 bridgehead atoms. The lowest BCUT2D eigenvalue weighted by Gasteiger charge is -2.03. The van der Waals surface area contributed by atoms with E-state index < -0.39 is 0 Å². The zero-order chi connectivity index (χ0) is 13.2. The van der Waals surface area contributed by atoms with E-state index in [-0.39, 0.29) is 5.82 Å². The van der Waals surface area contributed by atoms with Gasteiger partial charge in [-0.05, 0) is 31.5 Å². The van der Waals surface area contributed by atoms with E-state index in [1.54, 1.807) is 6.07 Å². The molecule has 17 heavy (non-hydrogen) atoms. The Labute approximate surface area is 102 Å². The molecule has 0 saturated carbocycles. The van der Waals surface area contributed by atoms with E-state index in [1.165, 1.54) is 7.11 Å². The van der Waals surface area contributed by atoms with Crippen LogP contribution < -0.4 is 4.74 Å². The highest BCUT2D eigenvalue weighted by Crippen LogP contribution is 2.31. The molecule has 0 saturated heterocycles. The quantitative estimate of drug-likeness (QED) is 0.732. The summed E-state index contributed by atoms with van der Waals surface area (Å²) >= 11 is 0. The molecule has 0 radical (unpaired) electrons. The van der Waals surface area contributed by atoms with E-state index in [9.17, 15) is 4.39 Å². The third-order valence-electron chi connectivity index (χ3n) is 3.09. The standard InChI is InChI=1S/C12H14FNO.C2H6/c1-7-8(2)14(3)9-5-6-10(15-4)12(13)11(7)9;1-2/h5-6H,1-4H3;1-2H3. The summed E-state index contributed by atoms with van der Waals surface area (Å²) in [5.41, 5.74) is 2.96. The minimum Gasteiger partial charge on any atom is -0.494 e. The molecule has 0 amide bonds. The molecule has 0 aliphatic carbocycles. The van der Waals surface area contributed by atoms with Crippen LogP contribution in [-0.4, -0.2) is 11.7 Å². The lowest BCUT2D eigenvalue weighted by atomic mass is 10.1. The predicted molar refractivity (Wildman–Crippen MR) is 70.3 cm³/mol. The van der Waals surface area contributed by atoms with Crippen molar-refractivity contribution in [2.45, 2.75) is 27.7 Å². The lowest BCUT2D eigenvalue weighted by Crippen LogP contribution is -1.91. The van der Waals surface area contributed by atoms with Crippen LogP contribution in [0.3, 0.4) is 0 Å². The summed E-state index contributed by atoms with van der Waals surface area (Å²) in [7, 11) is 3.42. The first-order valence-electron chi connectivity index (χ1n) is 5.86. The highest BCUT2D eigenvalue weighted by Gasteiger charge is 2.15. The molecule has 0 spiro atoms. The minimum atomic E-state index is -0.267. The first-order chi connectivity index (χ1) is 8.07. The summed E-state index contributed by atoms with van der Waals surface area (Å²) in [6, 6.07) is 3.55. The van der Waals surface area contributed by atoms with Crippen molar-refractivity contribution < 1.29 is 9.13 Å². The number of hydrogen-bond acceptors (Lipinski definition) is 1. The second-order valence-corrected chi connectivity index (χ2v) is 3.75. The van der Waals surface area contributed by atoms with Gasteiger partial charge >= 0.3 is 0 Å². The number of methoxy groups -OCH3 is 1. The number of hydrogen-bond donors (Lipinski definition) is 0. The van der Waals surface area contributed by atoms with E-state index in [0.29, 0.717) is 11.1 Å². The molecular weight excluding hydrogens is 217 g/mol. The van der Waals surface area contributed by atoms with E-state index in [2.05, 4.69) is 0 Å². The molecule has 0 N–H and O–H groups in total. The van der Waals surface area contributed by atoms with Crippen molar-refractivity contribution in [3.8, 4) is 5.75 Å². The molecule has 2 rings (SSSR count). The highest BCUT2D eigenvalue weighted by molar-refractivity contribution is 5.87. The summed E-state index contributed by atoms with van der Waals surface area (Å²) in [5, 5.41) is 0.661. The van der Waals surface area contributed by atoms with E-state index in [0.717, 1.165) is 16.8 Å². The van der Waals surface area contributed by atoms with Crippen LogP contribution >= 0.6 is 0 Å². The molecule has 0 fully saturated rings. The van der Waals surface area contributed by atoms with Crippen molar-refractivity contribution in [1.82, 2.24) is 4.57 Å². The Bertz CT molecular complexity index is 529. The Morgan fingerprint density at radius 1 is 1.18 bits per heavy atom. The fourth-order valence-corrected chi connectivity index (χ4v) is 1.95. The van der Waals surface area contributed by atoms with Crippen LogP contribution in [0.15, 0.2) is 12.1 Å². The third-order valence-corrected chi connectivity index (χ3v) is 3.09. The normalized spacial score (nSPS) is 10.1. The lowest BCUT2D eigenvalue weighted by molar-refractivity contribution is 0.389. The molecule has 94 valence electrons. The predicted octanol–water partition coefficient (Wildman–Crippen LogP) is 3.97. The summed E-state index contributed by atoms with van der Waals surface area (Å²) in [4.78, 5) is 0. The zero-order valence-electron chi connectivity index (χ0n) is 11.4. The van der Waals surface area contributed by atoms with Crippen molar-refractivity contribution in [1.29, 1.82) is 0 Å². The van der Waals surface area contributed by atoms with E-state index >= 15 is 0 Å². The molecular formula is C14H20FNO. The first kappa shape index (κ1) is 13.6. The largest absolute Gasteiger partial charge is 0.494 e. The molecule has 1 heterocycles. The smallest absolute Gasteiger partial charge is 0.174 e. The first-order valence-corrected chi connectivity index (χ1v) is 5.86. The van der Waals surface area contributed by atoms with Gasteiger partial charge < -0.3 is 9.30 Å². The number of ether oxygens (including phenoxy) is 1. The number of rotatable bonds is 1. The average molecular weight is 237 g/mol. The zero-order valence-corrected chi connectivity index (χ0v) is 11.4. The van der Waals surface area contributed by atoms with Gasteiger partial charge in [-0.3, -0.25) is 0 Å². The molecule has 0 atom stereocenters.